The van der Waals surface area contributed by atoms with Crippen LogP contribution in [-0.2, 0) is 17.5 Å². The van der Waals surface area contributed by atoms with Gasteiger partial charge in [-0.3, -0.25) is 9.69 Å². The second-order valence-electron chi connectivity index (χ2n) is 6.63. The number of carbonyl (C=O) groups excluding carboxylic acids is 1. The Hall–Kier alpha value is -2.74. The summed E-state index contributed by atoms with van der Waals surface area (Å²) in [5.41, 5.74) is 0.599. The number of halogens is 3. The van der Waals surface area contributed by atoms with Crippen LogP contribution in [0.5, 0.6) is 11.5 Å². The van der Waals surface area contributed by atoms with Crippen molar-refractivity contribution in [1.29, 1.82) is 0 Å². The Bertz CT molecular complexity index is 822. The number of rotatable bonds is 5. The maximum atomic E-state index is 12.6. The number of fused-ring (bicyclic) bond motifs is 1. The molecular formula is C20H21F3N2O3. The fraction of sp³-hybridized carbons (Fsp3) is 0.350. The van der Waals surface area contributed by atoms with Crippen molar-refractivity contribution in [3.63, 3.8) is 0 Å². The second-order valence-corrected chi connectivity index (χ2v) is 6.63. The first-order chi connectivity index (χ1) is 13.3. The number of hydrogen-bond acceptors (Lipinski definition) is 4. The van der Waals surface area contributed by atoms with Gasteiger partial charge in [0.05, 0.1) is 25.3 Å². The number of likely N-dealkylation sites (N-methyl/N-ethyl adjacent to an activating group) is 1. The number of hydrogen-bond donors (Lipinski definition) is 1. The van der Waals surface area contributed by atoms with Gasteiger partial charge in [0.2, 0.25) is 5.91 Å². The van der Waals surface area contributed by atoms with Crippen molar-refractivity contribution < 1.29 is 27.4 Å². The van der Waals surface area contributed by atoms with Crippen molar-refractivity contribution in [1.82, 2.24) is 4.90 Å². The molecule has 1 N–H and O–H groups in total. The van der Waals surface area contributed by atoms with Gasteiger partial charge in [-0.15, -0.1) is 0 Å². The highest BCUT2D eigenvalue weighted by Crippen LogP contribution is 2.32. The molecule has 8 heteroatoms. The SMILES string of the molecule is CN(CC(=O)Nc1ccc2c(c1)OCCCO2)Cc1ccc(C(F)(F)F)cc1. The fourth-order valence-corrected chi connectivity index (χ4v) is 2.85. The van der Waals surface area contributed by atoms with Crippen LogP contribution in [0.2, 0.25) is 0 Å². The van der Waals surface area contributed by atoms with E-state index in [0.29, 0.717) is 42.5 Å². The van der Waals surface area contributed by atoms with Crippen molar-refractivity contribution in [2.24, 2.45) is 0 Å². The van der Waals surface area contributed by atoms with Crippen molar-refractivity contribution in [2.45, 2.75) is 19.1 Å². The molecule has 0 aromatic heterocycles. The lowest BCUT2D eigenvalue weighted by Crippen LogP contribution is -2.29. The summed E-state index contributed by atoms with van der Waals surface area (Å²) in [6.45, 7) is 1.59. The lowest BCUT2D eigenvalue weighted by atomic mass is 10.1. The van der Waals surface area contributed by atoms with E-state index in [-0.39, 0.29) is 12.5 Å². The van der Waals surface area contributed by atoms with Crippen molar-refractivity contribution >= 4 is 11.6 Å². The van der Waals surface area contributed by atoms with Gasteiger partial charge in [0.25, 0.3) is 0 Å². The Labute approximate surface area is 161 Å². The molecule has 0 unspecified atom stereocenters. The minimum atomic E-state index is -4.35. The molecule has 0 saturated carbocycles. The van der Waals surface area contributed by atoms with Crippen LogP contribution < -0.4 is 14.8 Å². The van der Waals surface area contributed by atoms with Gasteiger partial charge in [0, 0.05) is 24.7 Å². The van der Waals surface area contributed by atoms with Gasteiger partial charge in [-0.25, -0.2) is 0 Å². The van der Waals surface area contributed by atoms with Crippen LogP contribution in [-0.4, -0.2) is 37.6 Å². The highest BCUT2D eigenvalue weighted by molar-refractivity contribution is 5.92. The van der Waals surface area contributed by atoms with Crippen LogP contribution in [0.3, 0.4) is 0 Å². The van der Waals surface area contributed by atoms with Gasteiger partial charge in [0.1, 0.15) is 0 Å². The molecule has 5 nitrogen and oxygen atoms in total. The van der Waals surface area contributed by atoms with Gasteiger partial charge in [-0.05, 0) is 36.9 Å². The van der Waals surface area contributed by atoms with E-state index >= 15 is 0 Å². The average Bonchev–Trinajstić information content (AvgIpc) is 2.86. The Balaban J connectivity index is 1.54. The molecule has 0 radical (unpaired) electrons. The molecule has 0 atom stereocenters. The first-order valence-electron chi connectivity index (χ1n) is 8.85. The molecule has 2 aromatic rings. The number of anilines is 1. The number of nitrogens with zero attached hydrogens (tertiary/aromatic N) is 1. The van der Waals surface area contributed by atoms with Crippen LogP contribution in [0.25, 0.3) is 0 Å². The molecule has 28 heavy (non-hydrogen) atoms. The predicted octanol–water partition coefficient (Wildman–Crippen LogP) is 3.94. The van der Waals surface area contributed by atoms with Crippen molar-refractivity contribution in [2.75, 3.05) is 32.1 Å². The number of ether oxygens (including phenoxy) is 2. The molecule has 1 aliphatic rings. The van der Waals surface area contributed by atoms with E-state index in [2.05, 4.69) is 5.32 Å². The van der Waals surface area contributed by atoms with Crippen LogP contribution in [0.4, 0.5) is 18.9 Å². The summed E-state index contributed by atoms with van der Waals surface area (Å²) in [6, 6.07) is 10.1. The van der Waals surface area contributed by atoms with E-state index in [1.165, 1.54) is 12.1 Å². The monoisotopic (exact) mass is 394 g/mol. The second kappa shape index (κ2) is 8.52. The third-order valence-corrected chi connectivity index (χ3v) is 4.18. The molecule has 0 fully saturated rings. The number of nitrogens with one attached hydrogen (secondary N) is 1. The van der Waals surface area contributed by atoms with Crippen LogP contribution in [0.15, 0.2) is 42.5 Å². The lowest BCUT2D eigenvalue weighted by Gasteiger charge is -2.17. The summed E-state index contributed by atoms with van der Waals surface area (Å²) >= 11 is 0. The minimum absolute atomic E-state index is 0.0927. The van der Waals surface area contributed by atoms with Crippen LogP contribution in [0, 0.1) is 0 Å². The summed E-state index contributed by atoms with van der Waals surface area (Å²) in [4.78, 5) is 14.0. The molecule has 0 bridgehead atoms. The molecule has 2 aromatic carbocycles. The zero-order valence-electron chi connectivity index (χ0n) is 15.4. The standard InChI is InChI=1S/C20H21F3N2O3/c1-25(12-14-3-5-15(6-4-14)20(21,22)23)13-19(26)24-16-7-8-17-18(11-16)28-10-2-9-27-17/h3-8,11H,2,9-10,12-13H2,1H3,(H,24,26). The largest absolute Gasteiger partial charge is 0.490 e. The third kappa shape index (κ3) is 5.39. The maximum Gasteiger partial charge on any atom is 0.416 e. The summed E-state index contributed by atoms with van der Waals surface area (Å²) in [6.07, 6.45) is -3.56. The van der Waals surface area contributed by atoms with Crippen LogP contribution in [0.1, 0.15) is 17.5 Å². The van der Waals surface area contributed by atoms with E-state index < -0.39 is 11.7 Å². The highest BCUT2D eigenvalue weighted by atomic mass is 19.4. The van der Waals surface area contributed by atoms with Gasteiger partial charge in [-0.2, -0.15) is 13.2 Å². The number of alkyl halides is 3. The van der Waals surface area contributed by atoms with E-state index in [0.717, 1.165) is 18.6 Å². The van der Waals surface area contributed by atoms with E-state index in [4.69, 9.17) is 9.47 Å². The summed E-state index contributed by atoms with van der Waals surface area (Å²) in [7, 11) is 1.73. The van der Waals surface area contributed by atoms with Crippen LogP contribution >= 0.6 is 0 Å². The molecule has 1 amide bonds. The van der Waals surface area contributed by atoms with E-state index in [1.807, 2.05) is 0 Å². The predicted molar refractivity (Wildman–Crippen MR) is 98.5 cm³/mol. The zero-order valence-corrected chi connectivity index (χ0v) is 15.4. The van der Waals surface area contributed by atoms with Gasteiger partial charge < -0.3 is 14.8 Å². The summed E-state index contributed by atoms with van der Waals surface area (Å²) < 4.78 is 49.0. The Morgan fingerprint density at radius 2 is 1.75 bits per heavy atom. The Kier molecular flexibility index (Phi) is 6.08. The van der Waals surface area contributed by atoms with Crippen molar-refractivity contribution in [3.05, 3.63) is 53.6 Å². The smallest absolute Gasteiger partial charge is 0.416 e. The molecular weight excluding hydrogens is 373 g/mol. The zero-order chi connectivity index (χ0) is 20.1. The van der Waals surface area contributed by atoms with Crippen molar-refractivity contribution in [3.8, 4) is 11.5 Å². The first kappa shape index (κ1) is 20.0. The van der Waals surface area contributed by atoms with E-state index in [1.54, 1.807) is 30.1 Å². The normalized spacial score (nSPS) is 13.9. The summed E-state index contributed by atoms with van der Waals surface area (Å²) in [5, 5.41) is 2.79. The van der Waals surface area contributed by atoms with E-state index in [9.17, 15) is 18.0 Å². The average molecular weight is 394 g/mol. The summed E-state index contributed by atoms with van der Waals surface area (Å²) in [5.74, 6) is 1.01. The third-order valence-electron chi connectivity index (χ3n) is 4.18. The molecule has 0 spiro atoms. The number of amides is 1. The molecule has 0 aliphatic carbocycles. The quantitative estimate of drug-likeness (QED) is 0.835. The highest BCUT2D eigenvalue weighted by Gasteiger charge is 2.29. The van der Waals surface area contributed by atoms with Gasteiger partial charge in [0.15, 0.2) is 11.5 Å². The Morgan fingerprint density at radius 1 is 1.07 bits per heavy atom. The molecule has 0 saturated heterocycles. The maximum absolute atomic E-state index is 12.6. The minimum Gasteiger partial charge on any atom is -0.490 e. The molecule has 3 rings (SSSR count). The first-order valence-corrected chi connectivity index (χ1v) is 8.85. The number of carbonyl (C=O) groups is 1. The van der Waals surface area contributed by atoms with Gasteiger partial charge >= 0.3 is 6.18 Å². The molecule has 1 aliphatic heterocycles. The fourth-order valence-electron chi connectivity index (χ4n) is 2.85. The lowest BCUT2D eigenvalue weighted by molar-refractivity contribution is -0.137. The topological polar surface area (TPSA) is 50.8 Å². The van der Waals surface area contributed by atoms with Gasteiger partial charge in [-0.1, -0.05) is 12.1 Å². The Morgan fingerprint density at radius 3 is 2.43 bits per heavy atom. The molecule has 150 valence electrons. The number of benzene rings is 2. The molecule has 1 heterocycles.